The van der Waals surface area contributed by atoms with Gasteiger partial charge in [-0.2, -0.15) is 26.3 Å². The molecule has 0 bridgehead atoms. The number of halogens is 7. The van der Waals surface area contributed by atoms with E-state index in [2.05, 4.69) is 20.6 Å². The minimum atomic E-state index is -4.99. The van der Waals surface area contributed by atoms with Crippen LogP contribution in [-0.4, -0.2) is 27.7 Å². The molecule has 1 aromatic heterocycles. The van der Waals surface area contributed by atoms with Crippen molar-refractivity contribution in [2.45, 2.75) is 49.9 Å². The minimum absolute atomic E-state index is 0.158. The van der Waals surface area contributed by atoms with Gasteiger partial charge in [-0.25, -0.2) is 14.4 Å². The smallest absolute Gasteiger partial charge is 0.349 e. The molecule has 1 aliphatic carbocycles. The van der Waals surface area contributed by atoms with Gasteiger partial charge in [0, 0.05) is 29.8 Å². The first-order valence-electron chi connectivity index (χ1n) is 10.6. The number of alkyl halides is 7. The molecule has 3 aromatic rings. The number of rotatable bonds is 4. The van der Waals surface area contributed by atoms with Crippen LogP contribution in [0.4, 0.5) is 36.6 Å². The molecule has 2 N–H and O–H groups in total. The number of hydrogen-bond donors (Lipinski definition) is 2. The van der Waals surface area contributed by atoms with Crippen LogP contribution in [0.3, 0.4) is 0 Å². The van der Waals surface area contributed by atoms with Gasteiger partial charge in [0.15, 0.2) is 5.79 Å². The van der Waals surface area contributed by atoms with Crippen LogP contribution in [0, 0.1) is 0 Å². The molecule has 0 atom stereocenters. The van der Waals surface area contributed by atoms with E-state index in [0.29, 0.717) is 17.7 Å². The van der Waals surface area contributed by atoms with E-state index in [9.17, 15) is 31.1 Å². The molecule has 4 rings (SSSR count). The highest BCUT2D eigenvalue weighted by Gasteiger charge is 2.40. The lowest BCUT2D eigenvalue weighted by Gasteiger charge is -2.35. The summed E-state index contributed by atoms with van der Waals surface area (Å²) >= 11 is 0. The SMILES string of the molecule is O=C(NC1CCC(F)(Nc2nc(C(F)(F)F)nc3ccc(C(F)(F)F)cc23)CC1)c1ccccc1. The quantitative estimate of drug-likeness (QED) is 0.335. The van der Waals surface area contributed by atoms with Crippen molar-refractivity contribution in [1.82, 2.24) is 15.3 Å². The number of nitrogens with one attached hydrogen (secondary N) is 2. The van der Waals surface area contributed by atoms with E-state index >= 15 is 4.39 Å². The van der Waals surface area contributed by atoms with Gasteiger partial charge < -0.3 is 10.6 Å². The van der Waals surface area contributed by atoms with Crippen LogP contribution in [0.1, 0.15) is 47.4 Å². The molecule has 1 fully saturated rings. The van der Waals surface area contributed by atoms with Crippen molar-refractivity contribution in [2.75, 3.05) is 5.32 Å². The van der Waals surface area contributed by atoms with Gasteiger partial charge in [-0.05, 0) is 43.2 Å². The summed E-state index contributed by atoms with van der Waals surface area (Å²) in [6, 6.07) is 9.98. The number of aromatic nitrogens is 2. The lowest BCUT2D eigenvalue weighted by Crippen LogP contribution is -2.45. The van der Waals surface area contributed by atoms with Gasteiger partial charge in [-0.3, -0.25) is 4.79 Å². The summed E-state index contributed by atoms with van der Waals surface area (Å²) in [5.41, 5.74) is -1.11. The third kappa shape index (κ3) is 5.63. The maximum Gasteiger partial charge on any atom is 0.451 e. The van der Waals surface area contributed by atoms with E-state index in [1.807, 2.05) is 0 Å². The second kappa shape index (κ2) is 8.97. The van der Waals surface area contributed by atoms with Gasteiger partial charge in [0.05, 0.1) is 11.1 Å². The Morgan fingerprint density at radius 2 is 1.57 bits per heavy atom. The summed E-state index contributed by atoms with van der Waals surface area (Å²) in [7, 11) is 0. The first-order chi connectivity index (χ1) is 16.3. The second-order valence-electron chi connectivity index (χ2n) is 8.33. The molecule has 1 saturated carbocycles. The molecule has 2 aromatic carbocycles. The zero-order valence-electron chi connectivity index (χ0n) is 18.0. The largest absolute Gasteiger partial charge is 0.451 e. The minimum Gasteiger partial charge on any atom is -0.349 e. The van der Waals surface area contributed by atoms with Crippen LogP contribution < -0.4 is 10.6 Å². The molecule has 186 valence electrons. The topological polar surface area (TPSA) is 66.9 Å². The summed E-state index contributed by atoms with van der Waals surface area (Å²) in [6.45, 7) is 0. The fraction of sp³-hybridized carbons (Fsp3) is 0.348. The lowest BCUT2D eigenvalue weighted by atomic mass is 9.88. The monoisotopic (exact) mass is 500 g/mol. The fourth-order valence-electron chi connectivity index (χ4n) is 3.94. The van der Waals surface area contributed by atoms with Crippen LogP contribution in [0.2, 0.25) is 0 Å². The molecule has 0 aliphatic heterocycles. The van der Waals surface area contributed by atoms with Crippen molar-refractivity contribution in [3.8, 4) is 0 Å². The molecule has 35 heavy (non-hydrogen) atoms. The fourth-order valence-corrected chi connectivity index (χ4v) is 3.94. The van der Waals surface area contributed by atoms with Gasteiger partial charge in [-0.1, -0.05) is 18.2 Å². The Kier molecular flexibility index (Phi) is 6.32. The molecule has 1 aliphatic rings. The van der Waals surface area contributed by atoms with Crippen LogP contribution in [0.15, 0.2) is 48.5 Å². The van der Waals surface area contributed by atoms with Crippen LogP contribution in [0.25, 0.3) is 10.9 Å². The third-order valence-electron chi connectivity index (χ3n) is 5.77. The standard InChI is InChI=1S/C23H19F7N4O/c24-21(10-8-15(9-11-21)31-19(35)13-4-2-1-3-5-13)34-18-16-12-14(22(25,26)27)6-7-17(16)32-20(33-18)23(28,29)30/h1-7,12,15H,8-11H2,(H,31,35)(H,32,33,34). The number of hydrogen-bond acceptors (Lipinski definition) is 4. The zero-order valence-corrected chi connectivity index (χ0v) is 18.0. The average molecular weight is 500 g/mol. The van der Waals surface area contributed by atoms with E-state index in [0.717, 1.165) is 6.07 Å². The number of fused-ring (bicyclic) bond motifs is 1. The predicted octanol–water partition coefficient (Wildman–Crippen LogP) is 6.12. The van der Waals surface area contributed by atoms with Crippen molar-refractivity contribution in [3.63, 3.8) is 0 Å². The van der Waals surface area contributed by atoms with E-state index in [-0.39, 0.29) is 43.0 Å². The molecule has 0 radical (unpaired) electrons. The van der Waals surface area contributed by atoms with E-state index in [4.69, 9.17) is 0 Å². The molecular weight excluding hydrogens is 481 g/mol. The van der Waals surface area contributed by atoms with E-state index < -0.39 is 40.9 Å². The molecule has 1 heterocycles. The van der Waals surface area contributed by atoms with E-state index in [1.165, 1.54) is 0 Å². The van der Waals surface area contributed by atoms with Gasteiger partial charge >= 0.3 is 12.4 Å². The highest BCUT2D eigenvalue weighted by Crippen LogP contribution is 2.38. The van der Waals surface area contributed by atoms with Crippen molar-refractivity contribution in [2.24, 2.45) is 0 Å². The van der Waals surface area contributed by atoms with Crippen LogP contribution >= 0.6 is 0 Å². The Bertz CT molecular complexity index is 1220. The maximum atomic E-state index is 15.6. The van der Waals surface area contributed by atoms with Gasteiger partial charge in [0.25, 0.3) is 5.91 Å². The second-order valence-corrected chi connectivity index (χ2v) is 8.33. The molecule has 0 spiro atoms. The Morgan fingerprint density at radius 1 is 0.914 bits per heavy atom. The maximum absolute atomic E-state index is 15.6. The summed E-state index contributed by atoms with van der Waals surface area (Å²) in [5, 5.41) is 4.70. The molecule has 0 saturated heterocycles. The van der Waals surface area contributed by atoms with Crippen molar-refractivity contribution >= 4 is 22.6 Å². The van der Waals surface area contributed by atoms with Crippen LogP contribution in [0.5, 0.6) is 0 Å². The molecular formula is C23H19F7N4O. The Morgan fingerprint density at radius 3 is 2.17 bits per heavy atom. The Hall–Kier alpha value is -3.44. The Balaban J connectivity index is 1.56. The highest BCUT2D eigenvalue weighted by atomic mass is 19.4. The van der Waals surface area contributed by atoms with Gasteiger partial charge in [0.2, 0.25) is 5.82 Å². The summed E-state index contributed by atoms with van der Waals surface area (Å²) in [5.74, 6) is -4.86. The first-order valence-corrected chi connectivity index (χ1v) is 10.6. The summed E-state index contributed by atoms with van der Waals surface area (Å²) < 4.78 is 95.0. The molecule has 12 heteroatoms. The summed E-state index contributed by atoms with van der Waals surface area (Å²) in [4.78, 5) is 18.9. The van der Waals surface area contributed by atoms with E-state index in [1.54, 1.807) is 30.3 Å². The van der Waals surface area contributed by atoms with Gasteiger partial charge in [-0.15, -0.1) is 0 Å². The average Bonchev–Trinajstić information content (AvgIpc) is 2.79. The molecule has 5 nitrogen and oxygen atoms in total. The summed E-state index contributed by atoms with van der Waals surface area (Å²) in [6.07, 6.45) is -9.86. The van der Waals surface area contributed by atoms with Gasteiger partial charge in [0.1, 0.15) is 5.82 Å². The number of anilines is 1. The number of carbonyl (C=O) groups is 1. The number of amides is 1. The molecule has 0 unspecified atom stereocenters. The van der Waals surface area contributed by atoms with Crippen molar-refractivity contribution in [1.29, 1.82) is 0 Å². The normalized spacial score (nSPS) is 21.1. The first kappa shape index (κ1) is 24.7. The molecule has 1 amide bonds. The third-order valence-corrected chi connectivity index (χ3v) is 5.77. The number of nitrogens with zero attached hydrogens (tertiary/aromatic N) is 2. The zero-order chi connectivity index (χ0) is 25.4. The number of benzene rings is 2. The number of carbonyl (C=O) groups excluding carboxylic acids is 1. The Labute approximate surface area is 194 Å². The predicted molar refractivity (Wildman–Crippen MR) is 113 cm³/mol. The van der Waals surface area contributed by atoms with Crippen molar-refractivity contribution in [3.05, 3.63) is 65.5 Å². The highest BCUT2D eigenvalue weighted by molar-refractivity contribution is 5.94. The van der Waals surface area contributed by atoms with Crippen molar-refractivity contribution < 1.29 is 35.5 Å². The van der Waals surface area contributed by atoms with Crippen LogP contribution in [-0.2, 0) is 12.4 Å². The lowest BCUT2D eigenvalue weighted by molar-refractivity contribution is -0.144.